The lowest BCUT2D eigenvalue weighted by atomic mass is 9.97. The first-order valence-corrected chi connectivity index (χ1v) is 9.07. The molecule has 0 atom stereocenters. The zero-order chi connectivity index (χ0) is 16.4. The van der Waals surface area contributed by atoms with Gasteiger partial charge in [-0.15, -0.1) is 0 Å². The Morgan fingerprint density at radius 3 is 2.22 bits per heavy atom. The Balaban J connectivity index is 1.86. The predicted molar refractivity (Wildman–Crippen MR) is 88.7 cm³/mol. The van der Waals surface area contributed by atoms with Crippen LogP contribution in [0, 0.1) is 5.82 Å². The lowest BCUT2D eigenvalue weighted by Gasteiger charge is -2.09. The summed E-state index contributed by atoms with van der Waals surface area (Å²) in [7, 11) is -3.65. The number of hydrogen-bond donors (Lipinski definition) is 1. The molecule has 2 aromatic rings. The molecule has 1 aliphatic rings. The van der Waals surface area contributed by atoms with E-state index in [1.54, 1.807) is 12.1 Å². The molecule has 23 heavy (non-hydrogen) atoms. The number of hydrogen-bond acceptors (Lipinski definition) is 2. The Bertz CT molecular complexity index is 838. The summed E-state index contributed by atoms with van der Waals surface area (Å²) in [5.41, 5.74) is 4.73. The average Bonchev–Trinajstić information content (AvgIpc) is 2.96. The van der Waals surface area contributed by atoms with E-state index in [0.717, 1.165) is 36.8 Å². The van der Waals surface area contributed by atoms with E-state index in [1.807, 2.05) is 12.1 Å². The first-order valence-electron chi connectivity index (χ1n) is 7.52. The van der Waals surface area contributed by atoms with E-state index in [2.05, 4.69) is 0 Å². The van der Waals surface area contributed by atoms with Crippen LogP contribution in [0.2, 0.25) is 0 Å². The maximum Gasteiger partial charge on any atom is 0.238 e. The number of primary sulfonamides is 1. The molecule has 0 unspecified atom stereocenters. The molecule has 0 aliphatic heterocycles. The fraction of sp³-hybridized carbons (Fsp3) is 0.222. The molecule has 0 fully saturated rings. The summed E-state index contributed by atoms with van der Waals surface area (Å²) in [6.07, 6.45) is 3.88. The molecule has 0 radical (unpaired) electrons. The van der Waals surface area contributed by atoms with Gasteiger partial charge in [0.15, 0.2) is 0 Å². The van der Waals surface area contributed by atoms with Crippen molar-refractivity contribution in [1.82, 2.24) is 0 Å². The Labute approximate surface area is 135 Å². The highest BCUT2D eigenvalue weighted by atomic mass is 32.2. The van der Waals surface area contributed by atoms with E-state index < -0.39 is 10.0 Å². The molecule has 1 aliphatic carbocycles. The zero-order valence-corrected chi connectivity index (χ0v) is 13.4. The SMILES string of the molecule is NS(=O)(=O)c1ccc(CC2=C(c3ccc(F)cc3)CCC2)cc1. The van der Waals surface area contributed by atoms with Gasteiger partial charge in [-0.1, -0.05) is 29.8 Å². The molecular weight excluding hydrogens is 313 g/mol. The van der Waals surface area contributed by atoms with Crippen molar-refractivity contribution in [3.05, 3.63) is 71.0 Å². The molecule has 0 amide bonds. The Hall–Kier alpha value is -1.98. The molecular formula is C18H18FNO2S. The third-order valence-corrected chi connectivity index (χ3v) is 5.12. The minimum atomic E-state index is -3.65. The third-order valence-electron chi connectivity index (χ3n) is 4.19. The summed E-state index contributed by atoms with van der Waals surface area (Å²) in [6.45, 7) is 0. The number of halogens is 1. The topological polar surface area (TPSA) is 60.2 Å². The van der Waals surface area contributed by atoms with Crippen molar-refractivity contribution in [2.45, 2.75) is 30.6 Å². The molecule has 0 aromatic heterocycles. The van der Waals surface area contributed by atoms with Crippen LogP contribution in [0.15, 0.2) is 59.0 Å². The van der Waals surface area contributed by atoms with Crippen molar-refractivity contribution >= 4 is 15.6 Å². The van der Waals surface area contributed by atoms with Crippen molar-refractivity contribution < 1.29 is 12.8 Å². The number of sulfonamides is 1. The molecule has 120 valence electrons. The fourth-order valence-corrected chi connectivity index (χ4v) is 3.56. The number of benzene rings is 2. The molecule has 0 bridgehead atoms. The van der Waals surface area contributed by atoms with Gasteiger partial charge in [0.2, 0.25) is 10.0 Å². The monoisotopic (exact) mass is 331 g/mol. The smallest absolute Gasteiger partial charge is 0.225 e. The third kappa shape index (κ3) is 3.68. The number of nitrogens with two attached hydrogens (primary N) is 1. The largest absolute Gasteiger partial charge is 0.238 e. The molecule has 2 N–H and O–H groups in total. The highest BCUT2D eigenvalue weighted by Crippen LogP contribution is 2.35. The number of rotatable bonds is 4. The normalized spacial score (nSPS) is 15.2. The first kappa shape index (κ1) is 15.9. The summed E-state index contributed by atoms with van der Waals surface area (Å²) >= 11 is 0. The van der Waals surface area contributed by atoms with Crippen LogP contribution in [-0.2, 0) is 16.4 Å². The fourth-order valence-electron chi connectivity index (χ4n) is 3.04. The van der Waals surface area contributed by atoms with Gasteiger partial charge in [-0.2, -0.15) is 0 Å². The second-order valence-corrected chi connectivity index (χ2v) is 7.37. The second-order valence-electron chi connectivity index (χ2n) is 5.81. The molecule has 0 saturated heterocycles. The van der Waals surface area contributed by atoms with Crippen molar-refractivity contribution in [1.29, 1.82) is 0 Å². The van der Waals surface area contributed by atoms with Crippen LogP contribution in [-0.4, -0.2) is 8.42 Å². The van der Waals surface area contributed by atoms with Gasteiger partial charge in [0, 0.05) is 0 Å². The van der Waals surface area contributed by atoms with Crippen LogP contribution in [0.3, 0.4) is 0 Å². The Kier molecular flexibility index (Phi) is 4.33. The molecule has 0 saturated carbocycles. The molecule has 3 rings (SSSR count). The van der Waals surface area contributed by atoms with Gasteiger partial charge < -0.3 is 0 Å². The van der Waals surface area contributed by atoms with Crippen LogP contribution in [0.25, 0.3) is 5.57 Å². The highest BCUT2D eigenvalue weighted by Gasteiger charge is 2.17. The standard InChI is InChI=1S/C18H18FNO2S/c19-16-8-6-14(7-9-16)18-3-1-2-15(18)12-13-4-10-17(11-5-13)23(20,21)22/h4-11H,1-3,12H2,(H2,20,21,22). The average molecular weight is 331 g/mol. The van der Waals surface area contributed by atoms with Gasteiger partial charge >= 0.3 is 0 Å². The van der Waals surface area contributed by atoms with Gasteiger partial charge in [0.1, 0.15) is 5.82 Å². The predicted octanol–water partition coefficient (Wildman–Crippen LogP) is 3.65. The van der Waals surface area contributed by atoms with Gasteiger partial charge in [0.25, 0.3) is 0 Å². The van der Waals surface area contributed by atoms with Crippen LogP contribution in [0.5, 0.6) is 0 Å². The number of allylic oxidation sites excluding steroid dienone is 2. The maximum absolute atomic E-state index is 13.1. The summed E-state index contributed by atoms with van der Waals surface area (Å²) in [4.78, 5) is 0.125. The van der Waals surface area contributed by atoms with Crippen LogP contribution < -0.4 is 5.14 Å². The molecule has 0 heterocycles. The first-order chi connectivity index (χ1) is 10.9. The highest BCUT2D eigenvalue weighted by molar-refractivity contribution is 7.89. The van der Waals surface area contributed by atoms with Crippen LogP contribution in [0.1, 0.15) is 30.4 Å². The van der Waals surface area contributed by atoms with E-state index in [0.29, 0.717) is 0 Å². The van der Waals surface area contributed by atoms with E-state index in [9.17, 15) is 12.8 Å². The lowest BCUT2D eigenvalue weighted by Crippen LogP contribution is -2.11. The van der Waals surface area contributed by atoms with Crippen molar-refractivity contribution in [3.8, 4) is 0 Å². The Morgan fingerprint density at radius 2 is 1.61 bits per heavy atom. The molecule has 0 spiro atoms. The van der Waals surface area contributed by atoms with Crippen molar-refractivity contribution in [3.63, 3.8) is 0 Å². The summed E-state index contributed by atoms with van der Waals surface area (Å²) in [5, 5.41) is 5.11. The van der Waals surface area contributed by atoms with Crippen LogP contribution in [0.4, 0.5) is 4.39 Å². The Morgan fingerprint density at radius 1 is 0.957 bits per heavy atom. The van der Waals surface area contributed by atoms with Crippen molar-refractivity contribution in [2.24, 2.45) is 5.14 Å². The van der Waals surface area contributed by atoms with Gasteiger partial charge in [-0.3, -0.25) is 0 Å². The summed E-state index contributed by atoms with van der Waals surface area (Å²) in [6, 6.07) is 13.3. The minimum Gasteiger partial charge on any atom is -0.225 e. The van der Waals surface area contributed by atoms with E-state index >= 15 is 0 Å². The van der Waals surface area contributed by atoms with E-state index in [4.69, 9.17) is 5.14 Å². The van der Waals surface area contributed by atoms with Gasteiger partial charge in [-0.25, -0.2) is 17.9 Å². The van der Waals surface area contributed by atoms with Crippen molar-refractivity contribution in [2.75, 3.05) is 0 Å². The molecule has 5 heteroatoms. The maximum atomic E-state index is 13.1. The summed E-state index contributed by atoms with van der Waals surface area (Å²) < 4.78 is 35.7. The van der Waals surface area contributed by atoms with E-state index in [1.165, 1.54) is 35.4 Å². The second kappa shape index (κ2) is 6.26. The zero-order valence-electron chi connectivity index (χ0n) is 12.6. The van der Waals surface area contributed by atoms with Gasteiger partial charge in [0.05, 0.1) is 4.90 Å². The van der Waals surface area contributed by atoms with E-state index in [-0.39, 0.29) is 10.7 Å². The van der Waals surface area contributed by atoms with Gasteiger partial charge in [-0.05, 0) is 66.6 Å². The summed E-state index contributed by atoms with van der Waals surface area (Å²) in [5.74, 6) is -0.229. The molecule has 3 nitrogen and oxygen atoms in total. The molecule has 2 aromatic carbocycles. The minimum absolute atomic E-state index is 0.125. The lowest BCUT2D eigenvalue weighted by molar-refractivity contribution is 0.597. The quantitative estimate of drug-likeness (QED) is 0.929. The van der Waals surface area contributed by atoms with Crippen LogP contribution >= 0.6 is 0 Å².